The van der Waals surface area contributed by atoms with Gasteiger partial charge >= 0.3 is 6.01 Å². The Morgan fingerprint density at radius 1 is 1.44 bits per heavy atom. The molecule has 100 valence electrons. The minimum absolute atomic E-state index is 0.236. The van der Waals surface area contributed by atoms with Crippen LogP contribution < -0.4 is 10.1 Å². The molecule has 2 rings (SSSR count). The first-order valence-electron chi connectivity index (χ1n) is 6.07. The van der Waals surface area contributed by atoms with Crippen LogP contribution >= 0.6 is 11.8 Å². The van der Waals surface area contributed by atoms with Crippen LogP contribution in [0.5, 0.6) is 6.01 Å². The Morgan fingerprint density at radius 3 is 2.89 bits per heavy atom. The number of rotatable bonds is 5. The molecule has 0 radical (unpaired) electrons. The highest BCUT2D eigenvalue weighted by Gasteiger charge is 2.26. The van der Waals surface area contributed by atoms with Crippen LogP contribution in [0.15, 0.2) is 5.16 Å². The second-order valence-electron chi connectivity index (χ2n) is 3.93. The van der Waals surface area contributed by atoms with Crippen LogP contribution in [-0.2, 0) is 4.74 Å². The Hall–Kier alpha value is -1.08. The van der Waals surface area contributed by atoms with Crippen molar-refractivity contribution in [3.05, 3.63) is 0 Å². The van der Waals surface area contributed by atoms with Gasteiger partial charge in [-0.2, -0.15) is 15.0 Å². The highest BCUT2D eigenvalue weighted by Crippen LogP contribution is 2.31. The summed E-state index contributed by atoms with van der Waals surface area (Å²) < 4.78 is 10.9. The molecule has 0 amide bonds. The van der Waals surface area contributed by atoms with Crippen molar-refractivity contribution in [2.24, 2.45) is 0 Å². The second-order valence-corrected chi connectivity index (χ2v) is 5.13. The zero-order valence-corrected chi connectivity index (χ0v) is 11.7. The van der Waals surface area contributed by atoms with Gasteiger partial charge in [-0.15, -0.1) is 0 Å². The van der Waals surface area contributed by atoms with Crippen LogP contribution in [0.1, 0.15) is 20.3 Å². The van der Waals surface area contributed by atoms with E-state index in [1.165, 1.54) is 0 Å². The summed E-state index contributed by atoms with van der Waals surface area (Å²) >= 11 is 1.62. The summed E-state index contributed by atoms with van der Waals surface area (Å²) in [6.07, 6.45) is 1.26. The van der Waals surface area contributed by atoms with Gasteiger partial charge < -0.3 is 14.8 Å². The number of ether oxygens (including phenoxy) is 2. The lowest BCUT2D eigenvalue weighted by atomic mass is 10.3. The molecule has 1 aliphatic heterocycles. The van der Waals surface area contributed by atoms with Gasteiger partial charge in [-0.05, 0) is 20.3 Å². The molecule has 1 aliphatic rings. The highest BCUT2D eigenvalue weighted by molar-refractivity contribution is 7.99. The smallest absolute Gasteiger partial charge is 0.322 e. The molecule has 7 heteroatoms. The topological polar surface area (TPSA) is 69.2 Å². The third-order valence-corrected chi connectivity index (χ3v) is 3.97. The molecular formula is C11H18N4O2S. The zero-order chi connectivity index (χ0) is 13.0. The lowest BCUT2D eigenvalue weighted by Crippen LogP contribution is -2.14. The van der Waals surface area contributed by atoms with Gasteiger partial charge in [0.1, 0.15) is 0 Å². The summed E-state index contributed by atoms with van der Waals surface area (Å²) in [6.45, 7) is 5.33. The molecule has 0 saturated carbocycles. The third-order valence-electron chi connectivity index (χ3n) is 2.65. The van der Waals surface area contributed by atoms with Gasteiger partial charge in [0, 0.05) is 18.9 Å². The number of thioether (sulfide) groups is 1. The first kappa shape index (κ1) is 13.4. The number of aromatic nitrogens is 3. The second kappa shape index (κ2) is 6.19. The number of nitrogens with zero attached hydrogens (tertiary/aromatic N) is 3. The van der Waals surface area contributed by atoms with Gasteiger partial charge in [0.15, 0.2) is 5.16 Å². The average molecular weight is 270 g/mol. The minimum atomic E-state index is 0.236. The minimum Gasteiger partial charge on any atom is -0.464 e. The zero-order valence-electron chi connectivity index (χ0n) is 10.8. The third kappa shape index (κ3) is 3.23. The predicted octanol–water partition coefficient (Wildman–Crippen LogP) is 1.58. The largest absolute Gasteiger partial charge is 0.464 e. The van der Waals surface area contributed by atoms with Crippen molar-refractivity contribution >= 4 is 17.7 Å². The lowest BCUT2D eigenvalue weighted by Gasteiger charge is -2.13. The Kier molecular flexibility index (Phi) is 4.60. The molecule has 0 bridgehead atoms. The summed E-state index contributed by atoms with van der Waals surface area (Å²) in [5.41, 5.74) is 0. The molecule has 0 aromatic carbocycles. The van der Waals surface area contributed by atoms with Crippen LogP contribution in [-0.4, -0.2) is 46.6 Å². The summed E-state index contributed by atoms with van der Waals surface area (Å²) in [5, 5.41) is 3.99. The number of nitrogens with one attached hydrogen (secondary N) is 1. The molecule has 0 spiro atoms. The molecule has 1 aromatic heterocycles. The maximum atomic E-state index is 5.53. The first-order chi connectivity index (χ1) is 8.72. The maximum Gasteiger partial charge on any atom is 0.322 e. The maximum absolute atomic E-state index is 5.53. The Bertz CT molecular complexity index is 405. The van der Waals surface area contributed by atoms with Gasteiger partial charge in [0.05, 0.1) is 12.7 Å². The van der Waals surface area contributed by atoms with Crippen molar-refractivity contribution in [2.45, 2.75) is 36.8 Å². The van der Waals surface area contributed by atoms with E-state index in [9.17, 15) is 0 Å². The van der Waals surface area contributed by atoms with Gasteiger partial charge in [-0.3, -0.25) is 0 Å². The van der Waals surface area contributed by atoms with E-state index in [0.29, 0.717) is 29.0 Å². The molecule has 1 N–H and O–H groups in total. The monoisotopic (exact) mass is 270 g/mol. The Morgan fingerprint density at radius 2 is 2.28 bits per heavy atom. The van der Waals surface area contributed by atoms with E-state index >= 15 is 0 Å². The Balaban J connectivity index is 2.12. The van der Waals surface area contributed by atoms with Crippen molar-refractivity contribution in [1.82, 2.24) is 15.0 Å². The molecular weight excluding hydrogens is 252 g/mol. The fourth-order valence-corrected chi connectivity index (χ4v) is 2.72. The quantitative estimate of drug-likeness (QED) is 0.871. The van der Waals surface area contributed by atoms with Crippen molar-refractivity contribution in [2.75, 3.05) is 25.6 Å². The van der Waals surface area contributed by atoms with E-state index in [0.717, 1.165) is 13.0 Å². The van der Waals surface area contributed by atoms with E-state index in [2.05, 4.69) is 27.2 Å². The molecule has 6 nitrogen and oxygen atoms in total. The summed E-state index contributed by atoms with van der Waals surface area (Å²) in [7, 11) is 1.78. The van der Waals surface area contributed by atoms with E-state index in [-0.39, 0.29) is 6.10 Å². The predicted molar refractivity (Wildman–Crippen MR) is 70.2 cm³/mol. The average Bonchev–Trinajstić information content (AvgIpc) is 2.75. The molecule has 1 saturated heterocycles. The van der Waals surface area contributed by atoms with Crippen LogP contribution in [0, 0.1) is 0 Å². The van der Waals surface area contributed by atoms with Crippen LogP contribution in [0.4, 0.5) is 5.95 Å². The normalized spacial score (nSPS) is 23.1. The van der Waals surface area contributed by atoms with Crippen LogP contribution in [0.25, 0.3) is 0 Å². The fraction of sp³-hybridized carbons (Fsp3) is 0.727. The number of hydrogen-bond donors (Lipinski definition) is 1. The van der Waals surface area contributed by atoms with E-state index < -0.39 is 0 Å². The molecule has 0 aliphatic carbocycles. The molecule has 1 fully saturated rings. The van der Waals surface area contributed by atoms with Crippen molar-refractivity contribution in [3.63, 3.8) is 0 Å². The van der Waals surface area contributed by atoms with Crippen molar-refractivity contribution in [1.29, 1.82) is 0 Å². The molecule has 2 atom stereocenters. The SMILES string of the molecule is CCOc1nc(NC)nc(SC2CCOC2C)n1. The van der Waals surface area contributed by atoms with Gasteiger partial charge in [0.2, 0.25) is 5.95 Å². The van der Waals surface area contributed by atoms with E-state index in [1.807, 2.05) is 6.92 Å². The summed E-state index contributed by atoms with van der Waals surface area (Å²) in [4.78, 5) is 12.8. The number of hydrogen-bond acceptors (Lipinski definition) is 7. The highest BCUT2D eigenvalue weighted by atomic mass is 32.2. The standard InChI is InChI=1S/C11H18N4O2S/c1-4-16-10-13-9(12-3)14-11(15-10)18-8-5-6-17-7(8)2/h7-8H,4-6H2,1-3H3,(H,12,13,14,15). The van der Waals surface area contributed by atoms with Crippen LogP contribution in [0.3, 0.4) is 0 Å². The van der Waals surface area contributed by atoms with Gasteiger partial charge in [-0.1, -0.05) is 11.8 Å². The van der Waals surface area contributed by atoms with Crippen molar-refractivity contribution in [3.8, 4) is 6.01 Å². The van der Waals surface area contributed by atoms with Gasteiger partial charge in [-0.25, -0.2) is 0 Å². The fourth-order valence-electron chi connectivity index (χ4n) is 1.70. The van der Waals surface area contributed by atoms with E-state index in [4.69, 9.17) is 9.47 Å². The molecule has 18 heavy (non-hydrogen) atoms. The molecule has 2 unspecified atom stereocenters. The first-order valence-corrected chi connectivity index (χ1v) is 6.95. The molecule has 2 heterocycles. The van der Waals surface area contributed by atoms with Gasteiger partial charge in [0.25, 0.3) is 0 Å². The van der Waals surface area contributed by atoms with E-state index in [1.54, 1.807) is 18.8 Å². The lowest BCUT2D eigenvalue weighted by molar-refractivity contribution is 0.127. The Labute approximate surface area is 111 Å². The van der Waals surface area contributed by atoms with Crippen LogP contribution in [0.2, 0.25) is 0 Å². The molecule has 1 aromatic rings. The summed E-state index contributed by atoms with van der Waals surface area (Å²) in [6, 6.07) is 0.367. The summed E-state index contributed by atoms with van der Waals surface area (Å²) in [5.74, 6) is 0.530. The number of anilines is 1. The van der Waals surface area contributed by atoms with Crippen molar-refractivity contribution < 1.29 is 9.47 Å².